The van der Waals surface area contributed by atoms with Crippen LogP contribution in [0.5, 0.6) is 5.75 Å². The summed E-state index contributed by atoms with van der Waals surface area (Å²) in [5.74, 6) is 0.576. The maximum atomic E-state index is 13.8. The van der Waals surface area contributed by atoms with Gasteiger partial charge in [0.1, 0.15) is 0 Å². The molecule has 0 amide bonds. The molecule has 4 heteroatoms. The van der Waals surface area contributed by atoms with E-state index in [1.54, 1.807) is 6.07 Å². The summed E-state index contributed by atoms with van der Waals surface area (Å²) in [6.07, 6.45) is 4.04. The lowest BCUT2D eigenvalue weighted by atomic mass is 10.0. The van der Waals surface area contributed by atoms with Gasteiger partial charge in [0, 0.05) is 6.04 Å². The second kappa shape index (κ2) is 6.87. The number of hydrogen-bond acceptors (Lipinski definition) is 3. The van der Waals surface area contributed by atoms with Crippen LogP contribution in [0.3, 0.4) is 0 Å². The fourth-order valence-electron chi connectivity index (χ4n) is 1.84. The van der Waals surface area contributed by atoms with E-state index in [0.717, 1.165) is 12.0 Å². The molecule has 1 atom stereocenters. The van der Waals surface area contributed by atoms with Crippen LogP contribution in [0.1, 0.15) is 31.7 Å². The zero-order chi connectivity index (χ0) is 13.7. The molecule has 3 nitrogen and oxygen atoms in total. The summed E-state index contributed by atoms with van der Waals surface area (Å²) in [4.78, 5) is 0. The average molecular weight is 267 g/mol. The zero-order valence-corrected chi connectivity index (χ0v) is 11.4. The van der Waals surface area contributed by atoms with E-state index in [9.17, 15) is 4.39 Å². The lowest BCUT2D eigenvalue weighted by Crippen LogP contribution is -2.21. The molecule has 0 saturated heterocycles. The number of nitrogens with two attached hydrogens (primary N) is 1. The Hall–Kier alpha value is -1.13. The lowest BCUT2D eigenvalue weighted by Gasteiger charge is -2.11. The first-order valence-corrected chi connectivity index (χ1v) is 6.93. The smallest absolute Gasteiger partial charge is 0.189 e. The maximum Gasteiger partial charge on any atom is 0.189 e. The third-order valence-electron chi connectivity index (χ3n) is 3.37. The van der Waals surface area contributed by atoms with Crippen molar-refractivity contribution in [1.29, 1.82) is 0 Å². The number of rotatable bonds is 8. The monoisotopic (exact) mass is 267 g/mol. The standard InChI is InChI=1S/C15H22FNO2/c1-2-13(17)7-12-5-6-15(14(16)8-12)19-10-18-9-11-3-4-11/h5-6,8,11,13H,2-4,7,9-10,17H2,1H3. The molecular weight excluding hydrogens is 245 g/mol. The van der Waals surface area contributed by atoms with Crippen molar-refractivity contribution in [3.05, 3.63) is 29.6 Å². The summed E-state index contributed by atoms with van der Waals surface area (Å²) in [6.45, 7) is 2.85. The van der Waals surface area contributed by atoms with Gasteiger partial charge in [0.05, 0.1) is 6.61 Å². The minimum Gasteiger partial charge on any atom is -0.464 e. The van der Waals surface area contributed by atoms with Gasteiger partial charge in [-0.2, -0.15) is 0 Å². The second-order valence-corrected chi connectivity index (χ2v) is 5.21. The van der Waals surface area contributed by atoms with Crippen LogP contribution in [0.2, 0.25) is 0 Å². The average Bonchev–Trinajstić information content (AvgIpc) is 3.20. The molecule has 1 aromatic rings. The lowest BCUT2D eigenvalue weighted by molar-refractivity contribution is 0.00791. The minimum atomic E-state index is -0.351. The highest BCUT2D eigenvalue weighted by molar-refractivity contribution is 5.29. The summed E-state index contributed by atoms with van der Waals surface area (Å²) in [6, 6.07) is 5.07. The quantitative estimate of drug-likeness (QED) is 0.582. The minimum absolute atomic E-state index is 0.0769. The Balaban J connectivity index is 1.79. The SMILES string of the molecule is CCC(N)Cc1ccc(OCOCC2CC2)c(F)c1. The van der Waals surface area contributed by atoms with Gasteiger partial charge >= 0.3 is 0 Å². The Labute approximate surface area is 113 Å². The van der Waals surface area contributed by atoms with Crippen molar-refractivity contribution in [2.24, 2.45) is 11.7 Å². The Morgan fingerprint density at radius 3 is 2.84 bits per heavy atom. The van der Waals surface area contributed by atoms with Crippen LogP contribution < -0.4 is 10.5 Å². The van der Waals surface area contributed by atoms with Gasteiger partial charge in [-0.05, 0) is 49.3 Å². The van der Waals surface area contributed by atoms with E-state index in [1.165, 1.54) is 18.9 Å². The predicted octanol–water partition coefficient (Wildman–Crippen LogP) is 2.87. The Morgan fingerprint density at radius 2 is 2.21 bits per heavy atom. The van der Waals surface area contributed by atoms with Gasteiger partial charge in [-0.25, -0.2) is 4.39 Å². The van der Waals surface area contributed by atoms with Crippen molar-refractivity contribution in [2.45, 2.75) is 38.6 Å². The zero-order valence-electron chi connectivity index (χ0n) is 11.4. The van der Waals surface area contributed by atoms with Crippen LogP contribution in [0.4, 0.5) is 4.39 Å². The molecule has 0 spiro atoms. The summed E-state index contributed by atoms with van der Waals surface area (Å²) >= 11 is 0. The fourth-order valence-corrected chi connectivity index (χ4v) is 1.84. The molecule has 1 saturated carbocycles. The number of hydrogen-bond donors (Lipinski definition) is 1. The Morgan fingerprint density at radius 1 is 1.42 bits per heavy atom. The van der Waals surface area contributed by atoms with Gasteiger partial charge in [0.2, 0.25) is 0 Å². The third kappa shape index (κ3) is 4.80. The van der Waals surface area contributed by atoms with Crippen molar-refractivity contribution >= 4 is 0 Å². The van der Waals surface area contributed by atoms with Crippen LogP contribution in [-0.2, 0) is 11.2 Å². The summed E-state index contributed by atoms with van der Waals surface area (Å²) in [5, 5.41) is 0. The summed E-state index contributed by atoms with van der Waals surface area (Å²) in [7, 11) is 0. The number of ether oxygens (including phenoxy) is 2. The Bertz CT molecular complexity index is 407. The second-order valence-electron chi connectivity index (χ2n) is 5.21. The predicted molar refractivity (Wildman–Crippen MR) is 72.5 cm³/mol. The first-order valence-electron chi connectivity index (χ1n) is 6.93. The molecule has 1 aliphatic rings. The molecule has 1 aliphatic carbocycles. The van der Waals surface area contributed by atoms with Crippen LogP contribution in [0.15, 0.2) is 18.2 Å². The normalized spacial score (nSPS) is 16.4. The van der Waals surface area contributed by atoms with E-state index in [0.29, 0.717) is 18.9 Å². The molecule has 0 radical (unpaired) electrons. The van der Waals surface area contributed by atoms with E-state index in [4.69, 9.17) is 15.2 Å². The number of benzene rings is 1. The highest BCUT2D eigenvalue weighted by Gasteiger charge is 2.21. The van der Waals surface area contributed by atoms with Crippen molar-refractivity contribution in [2.75, 3.05) is 13.4 Å². The summed E-state index contributed by atoms with van der Waals surface area (Å²) in [5.41, 5.74) is 6.75. The third-order valence-corrected chi connectivity index (χ3v) is 3.37. The molecule has 0 aliphatic heterocycles. The largest absolute Gasteiger partial charge is 0.464 e. The van der Waals surface area contributed by atoms with Crippen LogP contribution >= 0.6 is 0 Å². The molecule has 0 heterocycles. The van der Waals surface area contributed by atoms with Crippen molar-refractivity contribution < 1.29 is 13.9 Å². The van der Waals surface area contributed by atoms with Crippen LogP contribution in [-0.4, -0.2) is 19.4 Å². The molecule has 1 unspecified atom stereocenters. The van der Waals surface area contributed by atoms with Crippen LogP contribution in [0.25, 0.3) is 0 Å². The van der Waals surface area contributed by atoms with Crippen molar-refractivity contribution in [1.82, 2.24) is 0 Å². The molecule has 106 valence electrons. The van der Waals surface area contributed by atoms with Crippen LogP contribution in [0, 0.1) is 11.7 Å². The van der Waals surface area contributed by atoms with Gasteiger partial charge in [0.25, 0.3) is 0 Å². The van der Waals surface area contributed by atoms with Gasteiger partial charge in [-0.1, -0.05) is 13.0 Å². The van der Waals surface area contributed by atoms with E-state index >= 15 is 0 Å². The van der Waals surface area contributed by atoms with Gasteiger partial charge < -0.3 is 15.2 Å². The van der Waals surface area contributed by atoms with Crippen molar-refractivity contribution in [3.63, 3.8) is 0 Å². The molecule has 19 heavy (non-hydrogen) atoms. The maximum absolute atomic E-state index is 13.8. The molecular formula is C15H22FNO2. The highest BCUT2D eigenvalue weighted by Crippen LogP contribution is 2.28. The van der Waals surface area contributed by atoms with Crippen molar-refractivity contribution in [3.8, 4) is 5.75 Å². The van der Waals surface area contributed by atoms with Gasteiger partial charge in [-0.15, -0.1) is 0 Å². The van der Waals surface area contributed by atoms with E-state index in [2.05, 4.69) is 0 Å². The molecule has 0 aromatic heterocycles. The van der Waals surface area contributed by atoms with Gasteiger partial charge in [0.15, 0.2) is 18.4 Å². The number of halogens is 1. The fraction of sp³-hybridized carbons (Fsp3) is 0.600. The molecule has 2 rings (SSSR count). The molecule has 1 aromatic carbocycles. The van der Waals surface area contributed by atoms with E-state index in [-0.39, 0.29) is 24.4 Å². The van der Waals surface area contributed by atoms with E-state index < -0.39 is 0 Å². The van der Waals surface area contributed by atoms with Gasteiger partial charge in [-0.3, -0.25) is 0 Å². The molecule has 0 bridgehead atoms. The first-order chi connectivity index (χ1) is 9.19. The summed E-state index contributed by atoms with van der Waals surface area (Å²) < 4.78 is 24.4. The molecule has 1 fully saturated rings. The molecule has 2 N–H and O–H groups in total. The first kappa shape index (κ1) is 14.3. The Kier molecular flexibility index (Phi) is 5.16. The van der Waals surface area contributed by atoms with E-state index in [1.807, 2.05) is 13.0 Å². The highest BCUT2D eigenvalue weighted by atomic mass is 19.1. The topological polar surface area (TPSA) is 44.5 Å².